The molecule has 0 amide bonds. The monoisotopic (exact) mass is 577 g/mol. The molecule has 3 atom stereocenters. The normalized spacial score (nSPS) is 20.2. The van der Waals surface area contributed by atoms with E-state index in [1.807, 2.05) is 46.5 Å². The number of esters is 1. The molecular weight excluding hydrogens is 545 g/mol. The average molecular weight is 577 g/mol. The van der Waals surface area contributed by atoms with Gasteiger partial charge in [-0.1, -0.05) is 45.4 Å². The van der Waals surface area contributed by atoms with Gasteiger partial charge in [0.05, 0.1) is 17.5 Å². The maximum absolute atomic E-state index is 13.2. The van der Waals surface area contributed by atoms with E-state index < -0.39 is 4.92 Å². The molecule has 0 radical (unpaired) electrons. The van der Waals surface area contributed by atoms with Crippen LogP contribution >= 0.6 is 0 Å². The molecule has 1 aliphatic rings. The Labute approximate surface area is 217 Å². The minimum atomic E-state index is -0.402. The van der Waals surface area contributed by atoms with Crippen molar-refractivity contribution in [3.05, 3.63) is 58.6 Å². The van der Waals surface area contributed by atoms with Gasteiger partial charge >= 0.3 is 5.97 Å². The Kier molecular flexibility index (Phi) is 8.33. The number of hydrogen-bond donors (Lipinski definition) is 0. The number of benzene rings is 2. The molecule has 1 fully saturated rings. The molecule has 0 bridgehead atoms. The second-order valence-electron chi connectivity index (χ2n) is 9.62. The summed E-state index contributed by atoms with van der Waals surface area (Å²) in [5.74, 6) is 1.84. The van der Waals surface area contributed by atoms with Crippen molar-refractivity contribution in [3.63, 3.8) is 0 Å². The van der Waals surface area contributed by atoms with Crippen molar-refractivity contribution in [1.29, 1.82) is 0 Å². The predicted octanol–water partition coefficient (Wildman–Crippen LogP) is 2.05. The number of aryl methyl sites for hydroxylation is 1. The van der Waals surface area contributed by atoms with Gasteiger partial charge in [0.15, 0.2) is 17.6 Å². The molecule has 1 aromatic heterocycles. The van der Waals surface area contributed by atoms with E-state index in [1.165, 1.54) is 12.5 Å². The van der Waals surface area contributed by atoms with Crippen LogP contribution in [0.4, 0.5) is 5.69 Å². The molecule has 182 valence electrons. The second-order valence-corrected chi connectivity index (χ2v) is 9.62. The SMILES string of the molecule is CC(C)[C@@H]1CC[C@@H](C)CC1OC(=O)Cn1c(-c2cccc([N+](=O)[O-])c2)[n+](C)c2ccccc21.[I-]. The zero-order chi connectivity index (χ0) is 23.7. The van der Waals surface area contributed by atoms with Crippen molar-refractivity contribution in [2.45, 2.75) is 52.7 Å². The Hall–Kier alpha value is -2.49. The third-order valence-corrected chi connectivity index (χ3v) is 6.95. The van der Waals surface area contributed by atoms with Crippen LogP contribution in [0.15, 0.2) is 48.5 Å². The fourth-order valence-electron chi connectivity index (χ4n) is 5.24. The number of nitrogens with zero attached hydrogens (tertiary/aromatic N) is 3. The van der Waals surface area contributed by atoms with Crippen LogP contribution < -0.4 is 28.5 Å². The number of carbonyl (C=O) groups is 1. The van der Waals surface area contributed by atoms with Gasteiger partial charge in [-0.2, -0.15) is 0 Å². The summed E-state index contributed by atoms with van der Waals surface area (Å²) in [5.41, 5.74) is 2.53. The zero-order valence-corrected chi connectivity index (χ0v) is 22.3. The summed E-state index contributed by atoms with van der Waals surface area (Å²) in [4.78, 5) is 24.2. The van der Waals surface area contributed by atoms with E-state index in [2.05, 4.69) is 20.8 Å². The molecule has 0 spiro atoms. The molecule has 1 heterocycles. The van der Waals surface area contributed by atoms with Crippen LogP contribution in [0.5, 0.6) is 0 Å². The maximum atomic E-state index is 13.2. The molecule has 3 aromatic rings. The molecule has 7 nitrogen and oxygen atoms in total. The summed E-state index contributed by atoms with van der Waals surface area (Å²) in [6, 6.07) is 14.3. The van der Waals surface area contributed by atoms with Gasteiger partial charge in [-0.15, -0.1) is 0 Å². The average Bonchev–Trinajstić information content (AvgIpc) is 3.05. The number of fused-ring (bicyclic) bond motifs is 1. The van der Waals surface area contributed by atoms with Gasteiger partial charge in [-0.3, -0.25) is 10.1 Å². The number of rotatable bonds is 6. The Bertz CT molecular complexity index is 1190. The maximum Gasteiger partial charge on any atom is 0.348 e. The van der Waals surface area contributed by atoms with Crippen molar-refractivity contribution in [2.75, 3.05) is 0 Å². The first-order valence-corrected chi connectivity index (χ1v) is 11.7. The Morgan fingerprint density at radius 1 is 1.21 bits per heavy atom. The number of aromatic nitrogens is 2. The topological polar surface area (TPSA) is 78.2 Å². The number of nitro groups is 1. The molecule has 34 heavy (non-hydrogen) atoms. The molecule has 0 saturated heterocycles. The lowest BCUT2D eigenvalue weighted by Gasteiger charge is -2.36. The third kappa shape index (κ3) is 5.26. The minimum absolute atomic E-state index is 0. The predicted molar refractivity (Wildman–Crippen MR) is 126 cm³/mol. The Morgan fingerprint density at radius 2 is 1.94 bits per heavy atom. The number of para-hydroxylation sites is 2. The standard InChI is InChI=1S/C26H32N3O4.HI/c1-17(2)21-13-12-18(3)14-24(21)33-25(30)16-28-23-11-6-5-10-22(23)27(4)26(28)19-8-7-9-20(15-19)29(31)32;/h5-11,15,17-18,21,24H,12-14,16H2,1-4H3;1H/q+1;/p-1/t18-,21+,24?;/m1./s1. The van der Waals surface area contributed by atoms with Crippen LogP contribution in [-0.2, 0) is 23.1 Å². The fourth-order valence-corrected chi connectivity index (χ4v) is 5.24. The van der Waals surface area contributed by atoms with E-state index in [9.17, 15) is 14.9 Å². The number of nitro benzene ring substituents is 1. The van der Waals surface area contributed by atoms with E-state index in [-0.39, 0.29) is 48.3 Å². The van der Waals surface area contributed by atoms with E-state index >= 15 is 0 Å². The summed E-state index contributed by atoms with van der Waals surface area (Å²) in [6.07, 6.45) is 3.08. The first kappa shape index (κ1) is 26.1. The summed E-state index contributed by atoms with van der Waals surface area (Å²) in [7, 11) is 1.91. The quantitative estimate of drug-likeness (QED) is 0.148. The van der Waals surface area contributed by atoms with Gasteiger partial charge in [0.1, 0.15) is 6.10 Å². The summed E-state index contributed by atoms with van der Waals surface area (Å²) in [5, 5.41) is 11.4. The lowest BCUT2D eigenvalue weighted by atomic mass is 9.75. The largest absolute Gasteiger partial charge is 1.00 e. The number of non-ortho nitro benzene ring substituents is 1. The highest BCUT2D eigenvalue weighted by Crippen LogP contribution is 2.35. The van der Waals surface area contributed by atoms with E-state index in [1.54, 1.807) is 12.1 Å². The fraction of sp³-hybridized carbons (Fsp3) is 0.462. The molecule has 1 aliphatic carbocycles. The van der Waals surface area contributed by atoms with Gasteiger partial charge in [0, 0.05) is 12.1 Å². The molecule has 0 aliphatic heterocycles. The first-order chi connectivity index (χ1) is 15.8. The zero-order valence-electron chi connectivity index (χ0n) is 20.1. The van der Waals surface area contributed by atoms with Crippen LogP contribution in [0.1, 0.15) is 40.0 Å². The summed E-state index contributed by atoms with van der Waals surface area (Å²) in [6.45, 7) is 6.66. The third-order valence-electron chi connectivity index (χ3n) is 6.95. The van der Waals surface area contributed by atoms with Crippen molar-refractivity contribution in [3.8, 4) is 11.4 Å². The molecule has 0 N–H and O–H groups in total. The first-order valence-electron chi connectivity index (χ1n) is 11.7. The van der Waals surface area contributed by atoms with Crippen LogP contribution in [0, 0.1) is 27.9 Å². The van der Waals surface area contributed by atoms with Crippen LogP contribution in [-0.4, -0.2) is 21.6 Å². The van der Waals surface area contributed by atoms with Crippen molar-refractivity contribution < 1.29 is 43.0 Å². The van der Waals surface area contributed by atoms with Crippen molar-refractivity contribution in [2.24, 2.45) is 24.8 Å². The van der Waals surface area contributed by atoms with Crippen LogP contribution in [0.2, 0.25) is 0 Å². The highest BCUT2D eigenvalue weighted by Gasteiger charge is 2.35. The van der Waals surface area contributed by atoms with Gasteiger partial charge in [0.2, 0.25) is 0 Å². The van der Waals surface area contributed by atoms with Crippen LogP contribution in [0.3, 0.4) is 0 Å². The minimum Gasteiger partial charge on any atom is -1.00 e. The number of ether oxygens (including phenoxy) is 1. The lowest BCUT2D eigenvalue weighted by molar-refractivity contribution is -0.634. The van der Waals surface area contributed by atoms with E-state index in [0.29, 0.717) is 23.3 Å². The van der Waals surface area contributed by atoms with Gasteiger partial charge in [-0.25, -0.2) is 13.9 Å². The number of carbonyl (C=O) groups excluding carboxylic acids is 1. The molecular formula is C26H32IN3O4. The highest BCUT2D eigenvalue weighted by molar-refractivity contribution is 5.80. The lowest BCUT2D eigenvalue weighted by Crippen LogP contribution is -3.00. The summed E-state index contributed by atoms with van der Waals surface area (Å²) >= 11 is 0. The Balaban J connectivity index is 0.00000324. The smallest absolute Gasteiger partial charge is 0.348 e. The van der Waals surface area contributed by atoms with Crippen LogP contribution in [0.25, 0.3) is 22.4 Å². The highest BCUT2D eigenvalue weighted by atomic mass is 127. The van der Waals surface area contributed by atoms with Crippen molar-refractivity contribution >= 4 is 22.7 Å². The molecule has 1 saturated carbocycles. The Morgan fingerprint density at radius 3 is 2.65 bits per heavy atom. The van der Waals surface area contributed by atoms with Gasteiger partial charge < -0.3 is 28.7 Å². The number of halogens is 1. The molecule has 1 unspecified atom stereocenters. The van der Waals surface area contributed by atoms with Crippen molar-refractivity contribution in [1.82, 2.24) is 4.57 Å². The molecule has 8 heteroatoms. The summed E-state index contributed by atoms with van der Waals surface area (Å²) < 4.78 is 9.96. The molecule has 4 rings (SSSR count). The molecule has 2 aromatic carbocycles. The van der Waals surface area contributed by atoms with E-state index in [4.69, 9.17) is 4.74 Å². The second kappa shape index (κ2) is 10.8. The van der Waals surface area contributed by atoms with Gasteiger partial charge in [-0.05, 0) is 48.8 Å². The van der Waals surface area contributed by atoms with Gasteiger partial charge in [0.25, 0.3) is 11.5 Å². The number of imidazole rings is 1. The number of hydrogen-bond acceptors (Lipinski definition) is 4. The van der Waals surface area contributed by atoms with E-state index in [0.717, 1.165) is 29.7 Å².